The van der Waals surface area contributed by atoms with Crippen LogP contribution in [0.1, 0.15) is 10.6 Å². The Morgan fingerprint density at radius 1 is 1.46 bits per heavy atom. The first-order chi connectivity index (χ1) is 6.31. The van der Waals surface area contributed by atoms with E-state index >= 15 is 0 Å². The van der Waals surface area contributed by atoms with E-state index in [9.17, 15) is 0 Å². The molecule has 0 aromatic carbocycles. The van der Waals surface area contributed by atoms with Gasteiger partial charge in [-0.3, -0.25) is 0 Å². The first-order valence-corrected chi connectivity index (χ1v) is 5.97. The van der Waals surface area contributed by atoms with Gasteiger partial charge in [0.2, 0.25) is 0 Å². The molecule has 2 aromatic rings. The maximum absolute atomic E-state index is 5.65. The van der Waals surface area contributed by atoms with Crippen molar-refractivity contribution in [3.05, 3.63) is 22.0 Å². The number of aryl methyl sites for hydroxylation is 1. The fraction of sp³-hybridized carbons (Fsp3) is 0.250. The summed E-state index contributed by atoms with van der Waals surface area (Å²) in [6, 6.07) is 2.09. The maximum atomic E-state index is 5.65. The molecule has 2 aromatic heterocycles. The maximum Gasteiger partial charge on any atom is 0.158 e. The molecule has 0 fully saturated rings. The second-order valence-corrected chi connectivity index (χ2v) is 4.81. The van der Waals surface area contributed by atoms with Gasteiger partial charge in [-0.05, 0) is 23.9 Å². The Morgan fingerprint density at radius 3 is 2.85 bits per heavy atom. The highest BCUT2D eigenvalue weighted by atomic mass is 35.5. The summed E-state index contributed by atoms with van der Waals surface area (Å²) in [7, 11) is 0. The Bertz CT molecular complexity index is 408. The van der Waals surface area contributed by atoms with Crippen LogP contribution < -0.4 is 0 Å². The minimum atomic E-state index is 0.447. The van der Waals surface area contributed by atoms with Crippen LogP contribution in [0, 0.1) is 6.92 Å². The van der Waals surface area contributed by atoms with Crippen LogP contribution in [-0.2, 0) is 5.88 Å². The van der Waals surface area contributed by atoms with Crippen LogP contribution in [0.25, 0.3) is 9.88 Å². The van der Waals surface area contributed by atoms with Crippen molar-refractivity contribution in [2.24, 2.45) is 0 Å². The zero-order chi connectivity index (χ0) is 9.26. The molecule has 0 unspecified atom stereocenters. The quantitative estimate of drug-likeness (QED) is 0.740. The van der Waals surface area contributed by atoms with Crippen molar-refractivity contribution in [2.45, 2.75) is 12.8 Å². The van der Waals surface area contributed by atoms with Crippen molar-refractivity contribution in [1.82, 2.24) is 10.2 Å². The van der Waals surface area contributed by atoms with Crippen molar-refractivity contribution in [3.8, 4) is 9.88 Å². The second-order valence-electron chi connectivity index (χ2n) is 2.57. The Labute approximate surface area is 89.2 Å². The zero-order valence-electron chi connectivity index (χ0n) is 6.95. The normalized spacial score (nSPS) is 10.6. The van der Waals surface area contributed by atoms with E-state index in [0.29, 0.717) is 5.88 Å². The third kappa shape index (κ3) is 1.75. The lowest BCUT2D eigenvalue weighted by Gasteiger charge is -1.89. The molecule has 2 heterocycles. The van der Waals surface area contributed by atoms with Gasteiger partial charge in [0.05, 0.1) is 10.8 Å². The second kappa shape index (κ2) is 3.74. The molecule has 0 aliphatic rings. The van der Waals surface area contributed by atoms with Crippen LogP contribution in [0.15, 0.2) is 11.4 Å². The molecule has 0 aliphatic carbocycles. The number of hydrogen-bond acceptors (Lipinski definition) is 4. The van der Waals surface area contributed by atoms with E-state index in [1.54, 1.807) is 22.7 Å². The number of hydrogen-bond donors (Lipinski definition) is 0. The summed E-state index contributed by atoms with van der Waals surface area (Å²) in [6.07, 6.45) is 0. The first kappa shape index (κ1) is 9.12. The number of aromatic nitrogens is 2. The fourth-order valence-electron chi connectivity index (χ4n) is 0.991. The average molecular weight is 231 g/mol. The van der Waals surface area contributed by atoms with Gasteiger partial charge in [-0.25, -0.2) is 0 Å². The average Bonchev–Trinajstić information content (AvgIpc) is 2.71. The van der Waals surface area contributed by atoms with Gasteiger partial charge < -0.3 is 0 Å². The summed E-state index contributed by atoms with van der Waals surface area (Å²) in [5.41, 5.74) is 1.25. The lowest BCUT2D eigenvalue weighted by atomic mass is 10.3. The van der Waals surface area contributed by atoms with Crippen LogP contribution in [0.2, 0.25) is 0 Å². The molecular weight excluding hydrogens is 224 g/mol. The highest BCUT2D eigenvalue weighted by Crippen LogP contribution is 2.31. The van der Waals surface area contributed by atoms with E-state index in [-0.39, 0.29) is 0 Å². The van der Waals surface area contributed by atoms with E-state index in [4.69, 9.17) is 11.6 Å². The number of alkyl halides is 1. The van der Waals surface area contributed by atoms with E-state index in [2.05, 4.69) is 28.6 Å². The van der Waals surface area contributed by atoms with Crippen molar-refractivity contribution < 1.29 is 0 Å². The Morgan fingerprint density at radius 2 is 2.31 bits per heavy atom. The number of rotatable bonds is 2. The van der Waals surface area contributed by atoms with Gasteiger partial charge in [0.1, 0.15) is 5.01 Å². The molecule has 5 heteroatoms. The minimum absolute atomic E-state index is 0.447. The summed E-state index contributed by atoms with van der Waals surface area (Å²) in [6.45, 7) is 2.08. The molecule has 2 nitrogen and oxygen atoms in total. The van der Waals surface area contributed by atoms with Gasteiger partial charge in [-0.1, -0.05) is 11.3 Å². The van der Waals surface area contributed by atoms with Crippen LogP contribution in [0.5, 0.6) is 0 Å². The Balaban J connectivity index is 2.41. The van der Waals surface area contributed by atoms with Crippen molar-refractivity contribution in [1.29, 1.82) is 0 Å². The Hall–Kier alpha value is -0.450. The largest absolute Gasteiger partial charge is 0.158 e. The van der Waals surface area contributed by atoms with E-state index in [0.717, 1.165) is 10.0 Å². The number of thiophene rings is 1. The first-order valence-electron chi connectivity index (χ1n) is 3.74. The molecule has 0 amide bonds. The fourth-order valence-corrected chi connectivity index (χ4v) is 2.98. The molecule has 0 spiro atoms. The van der Waals surface area contributed by atoms with Gasteiger partial charge in [-0.15, -0.1) is 33.1 Å². The topological polar surface area (TPSA) is 25.8 Å². The monoisotopic (exact) mass is 230 g/mol. The van der Waals surface area contributed by atoms with Crippen molar-refractivity contribution >= 4 is 34.3 Å². The molecule has 68 valence electrons. The predicted molar refractivity (Wildman–Crippen MR) is 57.5 cm³/mol. The predicted octanol–water partition coefficient (Wildman–Crippen LogP) is 3.31. The van der Waals surface area contributed by atoms with Crippen LogP contribution in [-0.4, -0.2) is 10.2 Å². The van der Waals surface area contributed by atoms with Gasteiger partial charge >= 0.3 is 0 Å². The summed E-state index contributed by atoms with van der Waals surface area (Å²) < 4.78 is 0. The molecular formula is C8H7ClN2S2. The van der Waals surface area contributed by atoms with Gasteiger partial charge in [0.15, 0.2) is 5.01 Å². The van der Waals surface area contributed by atoms with Gasteiger partial charge in [0, 0.05) is 0 Å². The SMILES string of the molecule is Cc1ccsc1-c1nnc(CCl)s1. The van der Waals surface area contributed by atoms with Crippen LogP contribution in [0.4, 0.5) is 0 Å². The highest BCUT2D eigenvalue weighted by molar-refractivity contribution is 7.21. The van der Waals surface area contributed by atoms with E-state index in [1.807, 2.05) is 0 Å². The summed E-state index contributed by atoms with van der Waals surface area (Å²) >= 11 is 8.91. The third-order valence-corrected chi connectivity index (χ3v) is 4.14. The molecule has 0 N–H and O–H groups in total. The molecule has 0 radical (unpaired) electrons. The smallest absolute Gasteiger partial charge is 0.142 e. The van der Waals surface area contributed by atoms with E-state index in [1.165, 1.54) is 10.4 Å². The molecule has 2 rings (SSSR count). The molecule has 0 aliphatic heterocycles. The number of halogens is 1. The summed E-state index contributed by atoms with van der Waals surface area (Å²) in [5.74, 6) is 0.447. The zero-order valence-corrected chi connectivity index (χ0v) is 9.34. The molecule has 13 heavy (non-hydrogen) atoms. The summed E-state index contributed by atoms with van der Waals surface area (Å²) in [5, 5.41) is 12.0. The van der Waals surface area contributed by atoms with Gasteiger partial charge in [0.25, 0.3) is 0 Å². The molecule has 0 saturated heterocycles. The van der Waals surface area contributed by atoms with E-state index < -0.39 is 0 Å². The Kier molecular flexibility index (Phi) is 2.62. The molecule has 0 saturated carbocycles. The highest BCUT2D eigenvalue weighted by Gasteiger charge is 2.09. The third-order valence-electron chi connectivity index (χ3n) is 1.64. The van der Waals surface area contributed by atoms with Crippen LogP contribution >= 0.6 is 34.3 Å². The minimum Gasteiger partial charge on any atom is -0.142 e. The van der Waals surface area contributed by atoms with Crippen molar-refractivity contribution in [3.63, 3.8) is 0 Å². The number of nitrogens with zero attached hydrogens (tertiary/aromatic N) is 2. The molecule has 0 atom stereocenters. The lowest BCUT2D eigenvalue weighted by molar-refractivity contribution is 1.04. The standard InChI is InChI=1S/C8H7ClN2S2/c1-5-2-3-12-7(5)8-11-10-6(4-9)13-8/h2-3H,4H2,1H3. The summed E-state index contributed by atoms with van der Waals surface area (Å²) in [4.78, 5) is 1.20. The molecule has 0 bridgehead atoms. The van der Waals surface area contributed by atoms with Gasteiger partial charge in [-0.2, -0.15) is 0 Å². The lowest BCUT2D eigenvalue weighted by Crippen LogP contribution is -1.75. The van der Waals surface area contributed by atoms with Crippen molar-refractivity contribution in [2.75, 3.05) is 0 Å². The van der Waals surface area contributed by atoms with Crippen LogP contribution in [0.3, 0.4) is 0 Å².